The highest BCUT2D eigenvalue weighted by atomic mass is 32.2. The van der Waals surface area contributed by atoms with Crippen molar-refractivity contribution < 1.29 is 14.3 Å². The molecule has 1 aromatic carbocycles. The van der Waals surface area contributed by atoms with Gasteiger partial charge in [-0.1, -0.05) is 37.7 Å². The number of benzene rings is 1. The molecular weight excluding hydrogens is 374 g/mol. The fourth-order valence-corrected chi connectivity index (χ4v) is 4.34. The van der Waals surface area contributed by atoms with Crippen molar-refractivity contribution in [1.29, 1.82) is 0 Å². The van der Waals surface area contributed by atoms with Gasteiger partial charge in [-0.3, -0.25) is 4.79 Å². The number of carbonyl (C=O) groups is 2. The second-order valence-corrected chi connectivity index (χ2v) is 8.24. The second kappa shape index (κ2) is 8.82. The number of amides is 1. The van der Waals surface area contributed by atoms with E-state index < -0.39 is 0 Å². The summed E-state index contributed by atoms with van der Waals surface area (Å²) in [7, 11) is 0. The number of hydrogen-bond acceptors (Lipinski definition) is 6. The van der Waals surface area contributed by atoms with Gasteiger partial charge in [0.2, 0.25) is 5.91 Å². The summed E-state index contributed by atoms with van der Waals surface area (Å²) >= 11 is 1.72. The number of ether oxygens (including phenoxy) is 1. The van der Waals surface area contributed by atoms with Crippen molar-refractivity contribution in [3.63, 3.8) is 0 Å². The SMILES string of the molecule is CCOC(=O)C1=C(C)N=C2SCCCN2[C@H]1c1ccc(NC(=O)C(C)C)cc1. The minimum atomic E-state index is -0.319. The zero-order valence-corrected chi connectivity index (χ0v) is 17.6. The van der Waals surface area contributed by atoms with E-state index in [1.165, 1.54) is 0 Å². The van der Waals surface area contributed by atoms with Gasteiger partial charge >= 0.3 is 5.97 Å². The lowest BCUT2D eigenvalue weighted by molar-refractivity contribution is -0.139. The van der Waals surface area contributed by atoms with Crippen LogP contribution in [0.15, 0.2) is 40.5 Å². The van der Waals surface area contributed by atoms with Crippen molar-refractivity contribution in [2.24, 2.45) is 10.9 Å². The van der Waals surface area contributed by atoms with Gasteiger partial charge < -0.3 is 15.0 Å². The Kier molecular flexibility index (Phi) is 6.44. The van der Waals surface area contributed by atoms with E-state index in [1.54, 1.807) is 11.8 Å². The molecule has 3 rings (SSSR count). The van der Waals surface area contributed by atoms with Crippen molar-refractivity contribution >= 4 is 34.5 Å². The number of rotatable bonds is 5. The van der Waals surface area contributed by atoms with Crippen molar-refractivity contribution in [1.82, 2.24) is 4.90 Å². The van der Waals surface area contributed by atoms with Crippen LogP contribution in [-0.4, -0.2) is 40.8 Å². The lowest BCUT2D eigenvalue weighted by Crippen LogP contribution is -2.42. The first-order chi connectivity index (χ1) is 13.4. The van der Waals surface area contributed by atoms with Gasteiger partial charge in [-0.15, -0.1) is 0 Å². The van der Waals surface area contributed by atoms with Crippen LogP contribution >= 0.6 is 11.8 Å². The summed E-state index contributed by atoms with van der Waals surface area (Å²) < 4.78 is 5.33. The lowest BCUT2D eigenvalue weighted by Gasteiger charge is -2.40. The number of nitrogens with zero attached hydrogens (tertiary/aromatic N) is 2. The molecule has 2 aliphatic rings. The van der Waals surface area contributed by atoms with Crippen molar-refractivity contribution in [3.05, 3.63) is 41.1 Å². The quantitative estimate of drug-likeness (QED) is 0.756. The average molecular weight is 402 g/mol. The van der Waals surface area contributed by atoms with E-state index in [1.807, 2.05) is 52.0 Å². The summed E-state index contributed by atoms with van der Waals surface area (Å²) in [6.07, 6.45) is 1.04. The number of esters is 1. The number of anilines is 1. The van der Waals surface area contributed by atoms with Gasteiger partial charge in [0.1, 0.15) is 0 Å². The highest BCUT2D eigenvalue weighted by molar-refractivity contribution is 8.13. The summed E-state index contributed by atoms with van der Waals surface area (Å²) in [6.45, 7) is 8.57. The van der Waals surface area contributed by atoms with E-state index in [0.29, 0.717) is 17.9 Å². The van der Waals surface area contributed by atoms with Gasteiger partial charge in [0, 0.05) is 23.9 Å². The van der Waals surface area contributed by atoms with E-state index in [4.69, 9.17) is 4.74 Å². The van der Waals surface area contributed by atoms with Crippen LogP contribution in [0.25, 0.3) is 0 Å². The number of allylic oxidation sites excluding steroid dienone is 1. The number of thioether (sulfide) groups is 1. The van der Waals surface area contributed by atoms with Crippen molar-refractivity contribution in [2.75, 3.05) is 24.2 Å². The molecule has 1 amide bonds. The van der Waals surface area contributed by atoms with Gasteiger partial charge in [-0.25, -0.2) is 9.79 Å². The first-order valence-corrected chi connectivity index (χ1v) is 10.7. The zero-order chi connectivity index (χ0) is 20.3. The van der Waals surface area contributed by atoms with Gasteiger partial charge in [-0.05, 0) is 38.0 Å². The summed E-state index contributed by atoms with van der Waals surface area (Å²) in [6, 6.07) is 7.48. The molecule has 1 atom stereocenters. The van der Waals surface area contributed by atoms with Crippen LogP contribution in [0.4, 0.5) is 5.69 Å². The van der Waals surface area contributed by atoms with Crippen LogP contribution in [0.3, 0.4) is 0 Å². The summed E-state index contributed by atoms with van der Waals surface area (Å²) in [5, 5.41) is 3.86. The molecule has 0 aromatic heterocycles. The van der Waals surface area contributed by atoms with Gasteiger partial charge in [0.25, 0.3) is 0 Å². The Hall–Kier alpha value is -2.28. The Labute approximate surface area is 170 Å². The highest BCUT2D eigenvalue weighted by Gasteiger charge is 2.37. The maximum atomic E-state index is 12.7. The van der Waals surface area contributed by atoms with Crippen molar-refractivity contribution in [3.8, 4) is 0 Å². The maximum absolute atomic E-state index is 12.7. The number of nitrogens with one attached hydrogen (secondary N) is 1. The molecule has 2 aliphatic heterocycles. The third-order valence-electron chi connectivity index (χ3n) is 4.77. The Morgan fingerprint density at radius 2 is 2.04 bits per heavy atom. The predicted octanol–water partition coefficient (Wildman–Crippen LogP) is 3.97. The van der Waals surface area contributed by atoms with Crippen LogP contribution in [-0.2, 0) is 14.3 Å². The molecule has 150 valence electrons. The van der Waals surface area contributed by atoms with Gasteiger partial charge in [0.15, 0.2) is 5.17 Å². The molecule has 0 radical (unpaired) electrons. The Morgan fingerprint density at radius 1 is 1.32 bits per heavy atom. The molecule has 0 unspecified atom stereocenters. The molecule has 6 nitrogen and oxygen atoms in total. The van der Waals surface area contributed by atoms with Crippen LogP contribution in [0, 0.1) is 5.92 Å². The Bertz CT molecular complexity index is 815. The zero-order valence-electron chi connectivity index (χ0n) is 16.8. The van der Waals surface area contributed by atoms with Gasteiger partial charge in [-0.2, -0.15) is 0 Å². The summed E-state index contributed by atoms with van der Waals surface area (Å²) in [5.41, 5.74) is 3.03. The van der Waals surface area contributed by atoms with E-state index >= 15 is 0 Å². The second-order valence-electron chi connectivity index (χ2n) is 7.18. The van der Waals surface area contributed by atoms with E-state index in [-0.39, 0.29) is 23.8 Å². The average Bonchev–Trinajstić information content (AvgIpc) is 2.67. The molecule has 28 heavy (non-hydrogen) atoms. The number of amidine groups is 1. The molecule has 7 heteroatoms. The number of aliphatic imine (C=N–C) groups is 1. The minimum absolute atomic E-state index is 0.0183. The summed E-state index contributed by atoms with van der Waals surface area (Å²) in [4.78, 5) is 31.5. The van der Waals surface area contributed by atoms with Crippen LogP contribution in [0.5, 0.6) is 0 Å². The molecule has 0 aliphatic carbocycles. The Morgan fingerprint density at radius 3 is 2.68 bits per heavy atom. The first-order valence-electron chi connectivity index (χ1n) is 9.69. The van der Waals surface area contributed by atoms with E-state index in [0.717, 1.165) is 35.1 Å². The molecule has 2 heterocycles. The fraction of sp³-hybridized carbons (Fsp3) is 0.476. The number of fused-ring (bicyclic) bond motifs is 1. The number of hydrogen-bond donors (Lipinski definition) is 1. The topological polar surface area (TPSA) is 71.0 Å². The van der Waals surface area contributed by atoms with Crippen LogP contribution < -0.4 is 5.32 Å². The Balaban J connectivity index is 1.95. The molecule has 0 bridgehead atoms. The maximum Gasteiger partial charge on any atom is 0.338 e. The van der Waals surface area contributed by atoms with E-state index in [2.05, 4.69) is 15.2 Å². The normalized spacial score (nSPS) is 19.2. The molecule has 1 saturated heterocycles. The van der Waals surface area contributed by atoms with Gasteiger partial charge in [0.05, 0.1) is 23.9 Å². The highest BCUT2D eigenvalue weighted by Crippen LogP contribution is 2.40. The summed E-state index contributed by atoms with van der Waals surface area (Å²) in [5.74, 6) is 0.614. The first kappa shape index (κ1) is 20.5. The molecular formula is C21H27N3O3S. The number of carbonyl (C=O) groups excluding carboxylic acids is 2. The fourth-order valence-electron chi connectivity index (χ4n) is 3.32. The minimum Gasteiger partial charge on any atom is -0.463 e. The predicted molar refractivity (Wildman–Crippen MR) is 113 cm³/mol. The molecule has 0 saturated carbocycles. The molecule has 1 N–H and O–H groups in total. The lowest BCUT2D eigenvalue weighted by atomic mass is 9.94. The van der Waals surface area contributed by atoms with Crippen LogP contribution in [0.1, 0.15) is 45.7 Å². The van der Waals surface area contributed by atoms with Crippen molar-refractivity contribution in [2.45, 2.75) is 40.2 Å². The van der Waals surface area contributed by atoms with E-state index in [9.17, 15) is 9.59 Å². The van der Waals surface area contributed by atoms with Crippen LogP contribution in [0.2, 0.25) is 0 Å². The molecule has 1 fully saturated rings. The monoisotopic (exact) mass is 401 g/mol. The standard InChI is InChI=1S/C21H27N3O3S/c1-5-27-20(26)17-14(4)22-21-24(11-6-12-28-21)18(17)15-7-9-16(10-8-15)23-19(25)13(2)3/h7-10,13,18H,5-6,11-12H2,1-4H3,(H,23,25)/t18-/m0/s1. The third kappa shape index (κ3) is 4.24. The largest absolute Gasteiger partial charge is 0.463 e. The molecule has 0 spiro atoms. The smallest absolute Gasteiger partial charge is 0.338 e. The third-order valence-corrected chi connectivity index (χ3v) is 5.85. The molecule has 1 aromatic rings.